The van der Waals surface area contributed by atoms with E-state index in [1.807, 2.05) is 12.1 Å². The van der Waals surface area contributed by atoms with E-state index in [-0.39, 0.29) is 0 Å². The molecular weight excluding hydrogens is 691 g/mol. The highest BCUT2D eigenvalue weighted by atomic mass is 14.9. The van der Waals surface area contributed by atoms with E-state index in [1.165, 1.54) is 38.6 Å². The van der Waals surface area contributed by atoms with Crippen LogP contribution in [0, 0.1) is 0 Å². The van der Waals surface area contributed by atoms with Crippen molar-refractivity contribution in [3.05, 3.63) is 211 Å². The molecule has 0 radical (unpaired) electrons. The Kier molecular flexibility index (Phi) is 7.89. The molecule has 0 amide bonds. The second-order valence-electron chi connectivity index (χ2n) is 14.8. The number of benzene rings is 8. The highest BCUT2D eigenvalue weighted by Crippen LogP contribution is 2.44. The van der Waals surface area contributed by atoms with E-state index in [0.29, 0.717) is 5.82 Å². The maximum Gasteiger partial charge on any atom is 0.160 e. The average molecular weight is 726 g/mol. The van der Waals surface area contributed by atoms with Gasteiger partial charge < -0.3 is 0 Å². The Labute approximate surface area is 331 Å². The van der Waals surface area contributed by atoms with Gasteiger partial charge in [-0.1, -0.05) is 164 Å². The van der Waals surface area contributed by atoms with Crippen LogP contribution >= 0.6 is 0 Å². The monoisotopic (exact) mass is 725 g/mol. The number of rotatable bonds is 6. The van der Waals surface area contributed by atoms with E-state index in [9.17, 15) is 0 Å². The summed E-state index contributed by atoms with van der Waals surface area (Å²) in [4.78, 5) is 16.0. The first-order valence-electron chi connectivity index (χ1n) is 19.5. The lowest BCUT2D eigenvalue weighted by atomic mass is 9.91. The van der Waals surface area contributed by atoms with Crippen molar-refractivity contribution in [3.8, 4) is 78.5 Å². The summed E-state index contributed by atoms with van der Waals surface area (Å²) >= 11 is 0. The minimum absolute atomic E-state index is 0.671. The van der Waals surface area contributed by atoms with E-state index >= 15 is 0 Å². The molecule has 1 aliphatic carbocycles. The SMILES string of the molecule is c1ccc(-c2cc(-c3ccccc3)nc(-c3cc(-c4cc(-c5ccccc5)c5c(ccc6ccccc65)n4)cc(-c4cccc5c4Cc4ccccc4-5)c3)n2)cc1. The van der Waals surface area contributed by atoms with Crippen LogP contribution in [0.15, 0.2) is 200 Å². The number of fused-ring (bicyclic) bond motifs is 6. The summed E-state index contributed by atoms with van der Waals surface area (Å²) in [6.45, 7) is 0. The first-order chi connectivity index (χ1) is 28.2. The Morgan fingerprint density at radius 3 is 1.67 bits per heavy atom. The first kappa shape index (κ1) is 32.9. The number of hydrogen-bond donors (Lipinski definition) is 0. The van der Waals surface area contributed by atoms with Crippen LogP contribution in [-0.2, 0) is 6.42 Å². The van der Waals surface area contributed by atoms with E-state index in [0.717, 1.165) is 73.3 Å². The van der Waals surface area contributed by atoms with Gasteiger partial charge in [-0.2, -0.15) is 0 Å². The Hall–Kier alpha value is -7.49. The quantitative estimate of drug-likeness (QED) is 0.160. The molecule has 57 heavy (non-hydrogen) atoms. The zero-order valence-corrected chi connectivity index (χ0v) is 31.1. The Morgan fingerprint density at radius 1 is 0.333 bits per heavy atom. The smallest absolute Gasteiger partial charge is 0.160 e. The van der Waals surface area contributed by atoms with Gasteiger partial charge in [-0.3, -0.25) is 0 Å². The third kappa shape index (κ3) is 5.89. The van der Waals surface area contributed by atoms with Gasteiger partial charge in [0.1, 0.15) is 0 Å². The van der Waals surface area contributed by atoms with Crippen LogP contribution in [0.2, 0.25) is 0 Å². The Bertz CT molecular complexity index is 3080. The summed E-state index contributed by atoms with van der Waals surface area (Å²) in [5, 5.41) is 3.55. The van der Waals surface area contributed by atoms with Crippen molar-refractivity contribution in [3.63, 3.8) is 0 Å². The topological polar surface area (TPSA) is 38.7 Å². The minimum atomic E-state index is 0.671. The van der Waals surface area contributed by atoms with Crippen molar-refractivity contribution >= 4 is 21.7 Å². The fourth-order valence-corrected chi connectivity index (χ4v) is 8.58. The van der Waals surface area contributed by atoms with Crippen LogP contribution in [0.3, 0.4) is 0 Å². The van der Waals surface area contributed by atoms with Gasteiger partial charge in [-0.25, -0.2) is 15.0 Å². The zero-order valence-electron chi connectivity index (χ0n) is 31.1. The molecule has 0 N–H and O–H groups in total. The number of pyridine rings is 1. The van der Waals surface area contributed by atoms with Gasteiger partial charge in [0.05, 0.1) is 22.6 Å². The number of aromatic nitrogens is 3. The Morgan fingerprint density at radius 2 is 0.912 bits per heavy atom. The molecule has 3 nitrogen and oxygen atoms in total. The lowest BCUT2D eigenvalue weighted by Gasteiger charge is -2.16. The van der Waals surface area contributed by atoms with Gasteiger partial charge in [-0.15, -0.1) is 0 Å². The lowest BCUT2D eigenvalue weighted by molar-refractivity contribution is 1.18. The number of nitrogens with zero attached hydrogens (tertiary/aromatic N) is 3. The van der Waals surface area contributed by atoms with Crippen LogP contribution in [0.25, 0.3) is 100 Å². The third-order valence-corrected chi connectivity index (χ3v) is 11.3. The molecule has 8 aromatic carbocycles. The standard InChI is InChI=1S/C54H35N3/c1-4-15-35(16-5-1)47-33-50(55-49-28-27-36-17-10-13-24-45(36)53(47)49)41-29-40(44-25-14-26-46-43-23-12-11-22-39(43)32-48(44)46)30-42(31-41)54-56-51(37-18-6-2-7-19-37)34-52(57-54)38-20-8-3-9-21-38/h1-31,33-34H,32H2. The summed E-state index contributed by atoms with van der Waals surface area (Å²) in [6.07, 6.45) is 0.888. The zero-order chi connectivity index (χ0) is 37.7. The molecule has 0 atom stereocenters. The molecule has 0 saturated carbocycles. The fraction of sp³-hybridized carbons (Fsp3) is 0.0185. The molecule has 3 heteroatoms. The molecule has 0 unspecified atom stereocenters. The molecule has 10 aromatic rings. The summed E-state index contributed by atoms with van der Waals surface area (Å²) in [6, 6.07) is 71.1. The first-order valence-corrected chi connectivity index (χ1v) is 19.5. The molecule has 0 aliphatic heterocycles. The molecule has 11 rings (SSSR count). The van der Waals surface area contributed by atoms with Gasteiger partial charge in [-0.05, 0) is 98.1 Å². The van der Waals surface area contributed by atoms with Crippen LogP contribution in [0.1, 0.15) is 11.1 Å². The van der Waals surface area contributed by atoms with Crippen LogP contribution in [0.5, 0.6) is 0 Å². The second kappa shape index (κ2) is 13.7. The summed E-state index contributed by atoms with van der Waals surface area (Å²) in [5.74, 6) is 0.671. The van der Waals surface area contributed by atoms with Gasteiger partial charge >= 0.3 is 0 Å². The van der Waals surface area contributed by atoms with Crippen molar-refractivity contribution in [1.82, 2.24) is 15.0 Å². The molecule has 1 aliphatic rings. The summed E-state index contributed by atoms with van der Waals surface area (Å²) in [5.41, 5.74) is 17.6. The van der Waals surface area contributed by atoms with E-state index in [4.69, 9.17) is 15.0 Å². The lowest BCUT2D eigenvalue weighted by Crippen LogP contribution is -1.98. The average Bonchev–Trinajstić information content (AvgIpc) is 3.68. The van der Waals surface area contributed by atoms with Gasteiger partial charge in [0.15, 0.2) is 5.82 Å². The summed E-state index contributed by atoms with van der Waals surface area (Å²) in [7, 11) is 0. The van der Waals surface area contributed by atoms with E-state index in [1.54, 1.807) is 0 Å². The van der Waals surface area contributed by atoms with Crippen molar-refractivity contribution in [2.75, 3.05) is 0 Å². The third-order valence-electron chi connectivity index (χ3n) is 11.3. The predicted molar refractivity (Wildman–Crippen MR) is 236 cm³/mol. The molecule has 0 saturated heterocycles. The van der Waals surface area contributed by atoms with Crippen molar-refractivity contribution in [2.45, 2.75) is 6.42 Å². The highest BCUT2D eigenvalue weighted by Gasteiger charge is 2.23. The van der Waals surface area contributed by atoms with E-state index in [2.05, 4.69) is 188 Å². The van der Waals surface area contributed by atoms with Gasteiger partial charge in [0.2, 0.25) is 0 Å². The largest absolute Gasteiger partial charge is 0.248 e. The predicted octanol–water partition coefficient (Wildman–Crippen LogP) is 13.8. The number of hydrogen-bond acceptors (Lipinski definition) is 3. The fourth-order valence-electron chi connectivity index (χ4n) is 8.58. The Balaban J connectivity index is 1.18. The molecule has 0 spiro atoms. The van der Waals surface area contributed by atoms with Crippen molar-refractivity contribution in [1.29, 1.82) is 0 Å². The second-order valence-corrected chi connectivity index (χ2v) is 14.8. The molecular formula is C54H35N3. The maximum atomic E-state index is 5.45. The van der Waals surface area contributed by atoms with Crippen molar-refractivity contribution in [2.24, 2.45) is 0 Å². The normalized spacial score (nSPS) is 11.8. The molecule has 266 valence electrons. The molecule has 0 fully saturated rings. The maximum absolute atomic E-state index is 5.45. The highest BCUT2D eigenvalue weighted by molar-refractivity contribution is 6.14. The minimum Gasteiger partial charge on any atom is -0.248 e. The van der Waals surface area contributed by atoms with Gasteiger partial charge in [0.25, 0.3) is 0 Å². The molecule has 0 bridgehead atoms. The molecule has 2 heterocycles. The van der Waals surface area contributed by atoms with Crippen molar-refractivity contribution < 1.29 is 0 Å². The summed E-state index contributed by atoms with van der Waals surface area (Å²) < 4.78 is 0. The van der Waals surface area contributed by atoms with Crippen LogP contribution in [-0.4, -0.2) is 15.0 Å². The van der Waals surface area contributed by atoms with Crippen LogP contribution < -0.4 is 0 Å². The van der Waals surface area contributed by atoms with E-state index < -0.39 is 0 Å². The molecule has 2 aromatic heterocycles. The van der Waals surface area contributed by atoms with Crippen LogP contribution in [0.4, 0.5) is 0 Å². The van der Waals surface area contributed by atoms with Gasteiger partial charge in [0, 0.05) is 27.6 Å².